The van der Waals surface area contributed by atoms with Gasteiger partial charge in [0, 0.05) is 6.42 Å². The van der Waals surface area contributed by atoms with Crippen molar-refractivity contribution in [2.45, 2.75) is 69.9 Å². The summed E-state index contributed by atoms with van der Waals surface area (Å²) >= 11 is 0. The van der Waals surface area contributed by atoms with Crippen molar-refractivity contribution in [3.05, 3.63) is 59.7 Å². The van der Waals surface area contributed by atoms with Gasteiger partial charge in [0.25, 0.3) is 0 Å². The molecule has 0 aromatic heterocycles. The van der Waals surface area contributed by atoms with Gasteiger partial charge in [0.15, 0.2) is 11.5 Å². The molecule has 1 aliphatic heterocycles. The molecule has 0 amide bonds. The number of hydrogen-bond donors (Lipinski definition) is 4. The summed E-state index contributed by atoms with van der Waals surface area (Å²) in [7, 11) is 0. The van der Waals surface area contributed by atoms with E-state index in [1.54, 1.807) is 0 Å². The lowest BCUT2D eigenvalue weighted by Crippen LogP contribution is -2.60. The zero-order chi connectivity index (χ0) is 22.4. The number of aliphatic hydroxyl groups is 4. The summed E-state index contributed by atoms with van der Waals surface area (Å²) in [5.74, 6) is 0.857. The SMILES string of the molecule is CCCc1ccc(O[C@H](C)Cc2ccccc2)c(O[C@@H]2O[C@H](CO)[C@@H](O)[C@H](O)[C@H]2O)c1. The maximum Gasteiger partial charge on any atom is 0.229 e. The van der Waals surface area contributed by atoms with E-state index in [0.29, 0.717) is 17.9 Å². The van der Waals surface area contributed by atoms with Crippen molar-refractivity contribution in [1.82, 2.24) is 0 Å². The van der Waals surface area contributed by atoms with Crippen molar-refractivity contribution in [3.8, 4) is 11.5 Å². The summed E-state index contributed by atoms with van der Waals surface area (Å²) < 4.78 is 17.5. The fourth-order valence-corrected chi connectivity index (χ4v) is 3.68. The molecular formula is C24H32O7. The van der Waals surface area contributed by atoms with Crippen LogP contribution in [0.25, 0.3) is 0 Å². The summed E-state index contributed by atoms with van der Waals surface area (Å²) in [5, 5.41) is 39.8. The van der Waals surface area contributed by atoms with Crippen molar-refractivity contribution in [2.24, 2.45) is 0 Å². The molecule has 31 heavy (non-hydrogen) atoms. The molecule has 170 valence electrons. The predicted octanol–water partition coefficient (Wildman–Crippen LogP) is 1.83. The summed E-state index contributed by atoms with van der Waals surface area (Å²) in [4.78, 5) is 0. The van der Waals surface area contributed by atoms with Gasteiger partial charge in [0.05, 0.1) is 6.61 Å². The molecule has 2 aromatic rings. The van der Waals surface area contributed by atoms with Crippen molar-refractivity contribution in [1.29, 1.82) is 0 Å². The first-order valence-electron chi connectivity index (χ1n) is 10.7. The summed E-state index contributed by atoms with van der Waals surface area (Å²) in [6, 6.07) is 15.6. The van der Waals surface area contributed by atoms with Gasteiger partial charge in [-0.1, -0.05) is 49.7 Å². The second-order valence-electron chi connectivity index (χ2n) is 7.96. The van der Waals surface area contributed by atoms with E-state index in [9.17, 15) is 20.4 Å². The van der Waals surface area contributed by atoms with Gasteiger partial charge in [-0.2, -0.15) is 0 Å². The van der Waals surface area contributed by atoms with Crippen LogP contribution in [0.1, 0.15) is 31.4 Å². The number of benzene rings is 2. The Kier molecular flexibility index (Phi) is 8.28. The molecule has 1 aliphatic rings. The Morgan fingerprint density at radius 1 is 0.935 bits per heavy atom. The highest BCUT2D eigenvalue weighted by Crippen LogP contribution is 2.33. The van der Waals surface area contributed by atoms with E-state index in [-0.39, 0.29) is 6.10 Å². The molecular weight excluding hydrogens is 400 g/mol. The van der Waals surface area contributed by atoms with E-state index in [2.05, 4.69) is 6.92 Å². The molecule has 1 fully saturated rings. The van der Waals surface area contributed by atoms with Crippen molar-refractivity contribution in [2.75, 3.05) is 6.61 Å². The Morgan fingerprint density at radius 3 is 2.35 bits per heavy atom. The first-order chi connectivity index (χ1) is 14.9. The van der Waals surface area contributed by atoms with Crippen LogP contribution in [-0.2, 0) is 17.6 Å². The second kappa shape index (κ2) is 10.9. The number of aliphatic hydroxyl groups excluding tert-OH is 4. The summed E-state index contributed by atoms with van der Waals surface area (Å²) in [6.07, 6.45) is -4.38. The molecule has 0 aliphatic carbocycles. The highest BCUT2D eigenvalue weighted by molar-refractivity contribution is 5.43. The largest absolute Gasteiger partial charge is 0.486 e. The first-order valence-corrected chi connectivity index (χ1v) is 10.7. The van der Waals surface area contributed by atoms with E-state index in [4.69, 9.17) is 14.2 Å². The van der Waals surface area contributed by atoms with E-state index in [0.717, 1.165) is 24.0 Å². The van der Waals surface area contributed by atoms with Gasteiger partial charge >= 0.3 is 0 Å². The predicted molar refractivity (Wildman–Crippen MR) is 115 cm³/mol. The second-order valence-corrected chi connectivity index (χ2v) is 7.96. The Labute approximate surface area is 182 Å². The molecule has 2 aromatic carbocycles. The molecule has 1 heterocycles. The van der Waals surface area contributed by atoms with E-state index >= 15 is 0 Å². The van der Waals surface area contributed by atoms with E-state index in [1.807, 2.05) is 55.5 Å². The minimum atomic E-state index is -1.50. The van der Waals surface area contributed by atoms with Crippen LogP contribution in [0.3, 0.4) is 0 Å². The average molecular weight is 433 g/mol. The third-order valence-electron chi connectivity index (χ3n) is 5.33. The number of aryl methyl sites for hydroxylation is 1. The maximum absolute atomic E-state index is 10.3. The topological polar surface area (TPSA) is 109 Å². The van der Waals surface area contributed by atoms with Crippen molar-refractivity contribution < 1.29 is 34.6 Å². The van der Waals surface area contributed by atoms with Crippen LogP contribution in [0.2, 0.25) is 0 Å². The molecule has 0 saturated carbocycles. The maximum atomic E-state index is 10.3. The van der Waals surface area contributed by atoms with Crippen LogP contribution in [0.4, 0.5) is 0 Å². The number of ether oxygens (including phenoxy) is 3. The molecule has 6 atom stereocenters. The third kappa shape index (κ3) is 5.96. The van der Waals surface area contributed by atoms with Crippen LogP contribution < -0.4 is 9.47 Å². The monoisotopic (exact) mass is 432 g/mol. The normalized spacial score (nSPS) is 27.0. The molecule has 0 unspecified atom stereocenters. The van der Waals surface area contributed by atoms with Crippen LogP contribution >= 0.6 is 0 Å². The minimum absolute atomic E-state index is 0.142. The lowest BCUT2D eigenvalue weighted by Gasteiger charge is -2.39. The molecule has 1 saturated heterocycles. The standard InChI is InChI=1S/C24H32O7/c1-3-7-16-10-11-18(29-15(2)12-17-8-5-4-6-9-17)19(13-16)30-24-23(28)22(27)21(26)20(14-25)31-24/h4-6,8-11,13,15,20-28H,3,7,12,14H2,1-2H3/t15-,20-,21-,22+,23-,24-/m1/s1. The Bertz CT molecular complexity index is 811. The van der Waals surface area contributed by atoms with Crippen molar-refractivity contribution >= 4 is 0 Å². The smallest absolute Gasteiger partial charge is 0.229 e. The zero-order valence-electron chi connectivity index (χ0n) is 17.9. The Balaban J connectivity index is 1.79. The number of rotatable bonds is 9. The lowest BCUT2D eigenvalue weighted by molar-refractivity contribution is -0.277. The van der Waals surface area contributed by atoms with Gasteiger partial charge in [-0.3, -0.25) is 0 Å². The number of hydrogen-bond acceptors (Lipinski definition) is 7. The van der Waals surface area contributed by atoms with E-state index < -0.39 is 37.3 Å². The fraction of sp³-hybridized carbons (Fsp3) is 0.500. The van der Waals surface area contributed by atoms with Gasteiger partial charge < -0.3 is 34.6 Å². The third-order valence-corrected chi connectivity index (χ3v) is 5.33. The molecule has 3 rings (SSSR count). The Morgan fingerprint density at radius 2 is 1.68 bits per heavy atom. The Hall–Kier alpha value is -2.16. The average Bonchev–Trinajstić information content (AvgIpc) is 2.76. The van der Waals surface area contributed by atoms with Crippen LogP contribution in [0, 0.1) is 0 Å². The lowest BCUT2D eigenvalue weighted by atomic mass is 9.99. The zero-order valence-corrected chi connectivity index (χ0v) is 17.9. The molecule has 0 radical (unpaired) electrons. The highest BCUT2D eigenvalue weighted by atomic mass is 16.7. The fourth-order valence-electron chi connectivity index (χ4n) is 3.68. The summed E-state index contributed by atoms with van der Waals surface area (Å²) in [6.45, 7) is 3.52. The molecule has 0 spiro atoms. The van der Waals surface area contributed by atoms with Crippen LogP contribution in [0.15, 0.2) is 48.5 Å². The molecule has 4 N–H and O–H groups in total. The van der Waals surface area contributed by atoms with Gasteiger partial charge in [0.2, 0.25) is 6.29 Å². The van der Waals surface area contributed by atoms with Gasteiger partial charge in [-0.25, -0.2) is 0 Å². The summed E-state index contributed by atoms with van der Waals surface area (Å²) in [5.41, 5.74) is 2.18. The van der Waals surface area contributed by atoms with Gasteiger partial charge in [-0.15, -0.1) is 0 Å². The van der Waals surface area contributed by atoms with Crippen molar-refractivity contribution in [3.63, 3.8) is 0 Å². The quantitative estimate of drug-likeness (QED) is 0.479. The van der Waals surface area contributed by atoms with Gasteiger partial charge in [0.1, 0.15) is 30.5 Å². The highest BCUT2D eigenvalue weighted by Gasteiger charge is 2.45. The first kappa shape index (κ1) is 23.5. The molecule has 0 bridgehead atoms. The van der Waals surface area contributed by atoms with Gasteiger partial charge in [-0.05, 0) is 36.6 Å². The molecule has 7 nitrogen and oxygen atoms in total. The minimum Gasteiger partial charge on any atom is -0.486 e. The molecule has 7 heteroatoms. The van der Waals surface area contributed by atoms with E-state index in [1.165, 1.54) is 0 Å². The van der Waals surface area contributed by atoms with Crippen LogP contribution in [0.5, 0.6) is 11.5 Å². The van der Waals surface area contributed by atoms with Crippen LogP contribution in [-0.4, -0.2) is 63.8 Å².